The predicted octanol–water partition coefficient (Wildman–Crippen LogP) is 3.52. The van der Waals surface area contributed by atoms with Crippen molar-refractivity contribution in [3.05, 3.63) is 59.2 Å². The molecule has 2 aromatic carbocycles. The average molecular weight is 278 g/mol. The minimum absolute atomic E-state index is 0.704. The lowest BCUT2D eigenvalue weighted by atomic mass is 10.0. The molecule has 2 aromatic rings. The number of anilines is 1. The third-order valence-corrected chi connectivity index (χ3v) is 4.02. The van der Waals surface area contributed by atoms with E-state index in [-0.39, 0.29) is 0 Å². The van der Waals surface area contributed by atoms with Gasteiger partial charge in [-0.3, -0.25) is 0 Å². The maximum atomic E-state index is 9.36. The van der Waals surface area contributed by atoms with Gasteiger partial charge in [0.1, 0.15) is 11.8 Å². The molecular weight excluding hydrogens is 260 g/mol. The van der Waals surface area contributed by atoms with Gasteiger partial charge >= 0.3 is 0 Å². The zero-order valence-electron chi connectivity index (χ0n) is 12.2. The number of nitrogens with zero attached hydrogens (tertiary/aromatic N) is 2. The first-order valence-electron chi connectivity index (χ1n) is 7.21. The lowest BCUT2D eigenvalue weighted by Gasteiger charge is -2.24. The predicted molar refractivity (Wildman–Crippen MR) is 83.5 cm³/mol. The van der Waals surface area contributed by atoms with Crippen LogP contribution in [0.2, 0.25) is 0 Å². The van der Waals surface area contributed by atoms with Crippen LogP contribution >= 0.6 is 0 Å². The molecule has 0 radical (unpaired) electrons. The highest BCUT2D eigenvalue weighted by Crippen LogP contribution is 2.29. The largest absolute Gasteiger partial charge is 0.497 e. The summed E-state index contributed by atoms with van der Waals surface area (Å²) in [5, 5.41) is 9.36. The lowest BCUT2D eigenvalue weighted by Crippen LogP contribution is -2.23. The number of nitriles is 1. The van der Waals surface area contributed by atoms with E-state index in [1.165, 1.54) is 11.1 Å². The molecule has 0 aliphatic carbocycles. The van der Waals surface area contributed by atoms with Gasteiger partial charge in [0.15, 0.2) is 0 Å². The van der Waals surface area contributed by atoms with Crippen molar-refractivity contribution >= 4 is 5.69 Å². The van der Waals surface area contributed by atoms with Gasteiger partial charge in [-0.25, -0.2) is 0 Å². The van der Waals surface area contributed by atoms with Crippen molar-refractivity contribution in [1.29, 1.82) is 5.26 Å². The number of ether oxygens (including phenoxy) is 1. The lowest BCUT2D eigenvalue weighted by molar-refractivity contribution is 0.414. The maximum absolute atomic E-state index is 9.36. The van der Waals surface area contributed by atoms with Crippen molar-refractivity contribution in [2.75, 3.05) is 18.6 Å². The summed E-state index contributed by atoms with van der Waals surface area (Å²) < 4.78 is 5.31. The van der Waals surface area contributed by atoms with Gasteiger partial charge in [0, 0.05) is 19.2 Å². The van der Waals surface area contributed by atoms with Gasteiger partial charge in [-0.15, -0.1) is 0 Å². The second kappa shape index (κ2) is 5.88. The molecule has 1 heterocycles. The fourth-order valence-electron chi connectivity index (χ4n) is 2.90. The van der Waals surface area contributed by atoms with Crippen LogP contribution in [0.4, 0.5) is 5.69 Å². The summed E-state index contributed by atoms with van der Waals surface area (Å²) in [6.07, 6.45) is 2.19. The molecule has 21 heavy (non-hydrogen) atoms. The van der Waals surface area contributed by atoms with Crippen LogP contribution in [0.25, 0.3) is 0 Å². The molecule has 0 saturated carbocycles. The van der Waals surface area contributed by atoms with Gasteiger partial charge < -0.3 is 9.64 Å². The minimum Gasteiger partial charge on any atom is -0.497 e. The fraction of sp³-hybridized carbons (Fsp3) is 0.278. The number of methoxy groups -OCH3 is 1. The van der Waals surface area contributed by atoms with Crippen molar-refractivity contribution < 1.29 is 4.74 Å². The number of aryl methyl sites for hydroxylation is 1. The standard InChI is InChI=1S/C18H18N2O/c1-21-17-9-8-15(12-19)18(11-17)20-10-4-7-14-5-2-3-6-16(14)13-20/h2-3,5-6,8-9,11H,4,7,10,13H2,1H3. The SMILES string of the molecule is COc1ccc(C#N)c(N2CCCc3ccccc3C2)c1. The Morgan fingerprint density at radius 3 is 2.71 bits per heavy atom. The van der Waals surface area contributed by atoms with Crippen LogP contribution in [-0.2, 0) is 13.0 Å². The Hall–Kier alpha value is -2.47. The van der Waals surface area contributed by atoms with Crippen molar-refractivity contribution in [1.82, 2.24) is 0 Å². The van der Waals surface area contributed by atoms with Crippen LogP contribution in [0.1, 0.15) is 23.1 Å². The van der Waals surface area contributed by atoms with Crippen LogP contribution in [-0.4, -0.2) is 13.7 Å². The van der Waals surface area contributed by atoms with Gasteiger partial charge in [0.2, 0.25) is 0 Å². The quantitative estimate of drug-likeness (QED) is 0.843. The van der Waals surface area contributed by atoms with Crippen LogP contribution in [0.5, 0.6) is 5.75 Å². The summed E-state index contributed by atoms with van der Waals surface area (Å²) in [6, 6.07) is 16.5. The monoisotopic (exact) mass is 278 g/mol. The Morgan fingerprint density at radius 1 is 1.14 bits per heavy atom. The molecule has 0 amide bonds. The molecule has 0 bridgehead atoms. The van der Waals surface area contributed by atoms with Gasteiger partial charge in [-0.2, -0.15) is 5.26 Å². The Balaban J connectivity index is 1.99. The molecule has 0 saturated heterocycles. The fourth-order valence-corrected chi connectivity index (χ4v) is 2.90. The summed E-state index contributed by atoms with van der Waals surface area (Å²) in [6.45, 7) is 1.80. The molecule has 1 aliphatic rings. The van der Waals surface area contributed by atoms with Crippen molar-refractivity contribution in [2.45, 2.75) is 19.4 Å². The highest BCUT2D eigenvalue weighted by molar-refractivity contribution is 5.62. The van der Waals surface area contributed by atoms with E-state index in [9.17, 15) is 5.26 Å². The Labute approximate surface area is 125 Å². The molecular formula is C18H18N2O. The van der Waals surface area contributed by atoms with Gasteiger partial charge in [-0.05, 0) is 36.1 Å². The van der Waals surface area contributed by atoms with Crippen molar-refractivity contribution in [3.63, 3.8) is 0 Å². The third kappa shape index (κ3) is 2.71. The molecule has 3 heteroatoms. The number of rotatable bonds is 2. The van der Waals surface area contributed by atoms with Gasteiger partial charge in [0.25, 0.3) is 0 Å². The Kier molecular flexibility index (Phi) is 3.79. The highest BCUT2D eigenvalue weighted by atomic mass is 16.5. The second-order valence-electron chi connectivity index (χ2n) is 5.29. The van der Waals surface area contributed by atoms with Crippen molar-refractivity contribution in [2.24, 2.45) is 0 Å². The Bertz CT molecular complexity index is 688. The number of hydrogen-bond acceptors (Lipinski definition) is 3. The molecule has 0 unspecified atom stereocenters. The first-order chi connectivity index (χ1) is 10.3. The summed E-state index contributed by atoms with van der Waals surface area (Å²) in [7, 11) is 1.66. The average Bonchev–Trinajstić information content (AvgIpc) is 2.76. The molecule has 0 spiro atoms. The van der Waals surface area contributed by atoms with E-state index in [1.807, 2.05) is 18.2 Å². The molecule has 3 rings (SSSR count). The first-order valence-corrected chi connectivity index (χ1v) is 7.21. The van der Waals surface area contributed by atoms with E-state index in [2.05, 4.69) is 35.2 Å². The van der Waals surface area contributed by atoms with E-state index in [4.69, 9.17) is 4.74 Å². The Morgan fingerprint density at radius 2 is 1.95 bits per heavy atom. The zero-order chi connectivity index (χ0) is 14.7. The van der Waals surface area contributed by atoms with Crippen LogP contribution in [0, 0.1) is 11.3 Å². The minimum atomic E-state index is 0.704. The van der Waals surface area contributed by atoms with Gasteiger partial charge in [0.05, 0.1) is 18.4 Å². The van der Waals surface area contributed by atoms with E-state index in [0.29, 0.717) is 5.56 Å². The molecule has 106 valence electrons. The molecule has 0 aromatic heterocycles. The van der Waals surface area contributed by atoms with Crippen molar-refractivity contribution in [3.8, 4) is 11.8 Å². The summed E-state index contributed by atoms with van der Waals surface area (Å²) in [5.41, 5.74) is 4.44. The molecule has 0 fully saturated rings. The van der Waals surface area contributed by atoms with Crippen LogP contribution in [0.15, 0.2) is 42.5 Å². The summed E-state index contributed by atoms with van der Waals surface area (Å²) in [4.78, 5) is 2.28. The molecule has 3 nitrogen and oxygen atoms in total. The smallest absolute Gasteiger partial charge is 0.121 e. The second-order valence-corrected chi connectivity index (χ2v) is 5.29. The van der Waals surface area contributed by atoms with E-state index in [0.717, 1.165) is 37.4 Å². The summed E-state index contributed by atoms with van der Waals surface area (Å²) in [5.74, 6) is 0.793. The normalized spacial score (nSPS) is 14.0. The number of fused-ring (bicyclic) bond motifs is 1. The third-order valence-electron chi connectivity index (χ3n) is 4.02. The molecule has 0 atom stereocenters. The molecule has 1 aliphatic heterocycles. The maximum Gasteiger partial charge on any atom is 0.121 e. The van der Waals surface area contributed by atoms with E-state index < -0.39 is 0 Å². The van der Waals surface area contributed by atoms with Gasteiger partial charge in [-0.1, -0.05) is 24.3 Å². The topological polar surface area (TPSA) is 36.3 Å². The number of benzene rings is 2. The van der Waals surface area contributed by atoms with E-state index in [1.54, 1.807) is 7.11 Å². The number of hydrogen-bond donors (Lipinski definition) is 0. The zero-order valence-corrected chi connectivity index (χ0v) is 12.2. The first kappa shape index (κ1) is 13.5. The molecule has 0 N–H and O–H groups in total. The van der Waals surface area contributed by atoms with E-state index >= 15 is 0 Å². The summed E-state index contributed by atoms with van der Waals surface area (Å²) >= 11 is 0. The highest BCUT2D eigenvalue weighted by Gasteiger charge is 2.17. The van der Waals surface area contributed by atoms with Crippen LogP contribution in [0.3, 0.4) is 0 Å². The van der Waals surface area contributed by atoms with Crippen LogP contribution < -0.4 is 9.64 Å².